The first-order chi connectivity index (χ1) is 13.1. The molecule has 0 N–H and O–H groups in total. The standard InChI is InChI=1S/C26H22Si/c1-27(2)17-25(23-15-7-11-19-9-3-5-13-21(19)23)26(18-27)24-16-8-12-20-10-4-6-14-22(20)24/h3-18H,1-2H3. The Morgan fingerprint density at radius 3 is 1.37 bits per heavy atom. The van der Waals surface area contributed by atoms with Crippen molar-refractivity contribution in [2.75, 3.05) is 0 Å². The van der Waals surface area contributed by atoms with Crippen molar-refractivity contribution in [2.45, 2.75) is 13.1 Å². The molecule has 0 saturated heterocycles. The van der Waals surface area contributed by atoms with E-state index in [0.29, 0.717) is 0 Å². The van der Waals surface area contributed by atoms with Gasteiger partial charge in [-0.15, -0.1) is 0 Å². The molecule has 27 heavy (non-hydrogen) atoms. The second-order valence-corrected chi connectivity index (χ2v) is 12.2. The van der Waals surface area contributed by atoms with Crippen LogP contribution in [-0.2, 0) is 0 Å². The molecule has 4 aromatic rings. The second kappa shape index (κ2) is 6.07. The van der Waals surface area contributed by atoms with Gasteiger partial charge >= 0.3 is 0 Å². The fourth-order valence-electron chi connectivity index (χ4n) is 4.31. The molecule has 0 aromatic heterocycles. The number of rotatable bonds is 2. The van der Waals surface area contributed by atoms with Gasteiger partial charge in [0.15, 0.2) is 0 Å². The van der Waals surface area contributed by atoms with Crippen molar-refractivity contribution in [1.82, 2.24) is 0 Å². The molecule has 0 saturated carbocycles. The van der Waals surface area contributed by atoms with E-state index in [1.54, 1.807) is 0 Å². The third-order valence-electron chi connectivity index (χ3n) is 5.48. The molecule has 5 rings (SSSR count). The molecule has 0 fully saturated rings. The minimum atomic E-state index is -1.53. The second-order valence-electron chi connectivity index (χ2n) is 7.99. The topological polar surface area (TPSA) is 0 Å². The Morgan fingerprint density at radius 1 is 0.481 bits per heavy atom. The molecule has 0 spiro atoms. The van der Waals surface area contributed by atoms with Crippen LogP contribution in [0.4, 0.5) is 0 Å². The van der Waals surface area contributed by atoms with Crippen LogP contribution < -0.4 is 0 Å². The molecule has 0 atom stereocenters. The SMILES string of the molecule is C[Si]1(C)C=C(c2cccc3ccccc23)C(c2cccc3ccccc23)=C1. The molecule has 0 aliphatic carbocycles. The van der Waals surface area contributed by atoms with Crippen molar-refractivity contribution in [3.8, 4) is 0 Å². The van der Waals surface area contributed by atoms with Crippen LogP contribution in [0.15, 0.2) is 96.3 Å². The van der Waals surface area contributed by atoms with Gasteiger partial charge in [0.05, 0.1) is 8.07 Å². The van der Waals surface area contributed by atoms with Crippen molar-refractivity contribution in [2.24, 2.45) is 0 Å². The highest BCUT2D eigenvalue weighted by Gasteiger charge is 2.28. The summed E-state index contributed by atoms with van der Waals surface area (Å²) in [4.78, 5) is 0. The highest BCUT2D eigenvalue weighted by molar-refractivity contribution is 6.90. The van der Waals surface area contributed by atoms with Crippen LogP contribution in [0.2, 0.25) is 13.1 Å². The van der Waals surface area contributed by atoms with E-state index in [1.807, 2.05) is 0 Å². The van der Waals surface area contributed by atoms with Crippen LogP contribution in [-0.4, -0.2) is 8.07 Å². The molecule has 0 radical (unpaired) electrons. The van der Waals surface area contributed by atoms with Crippen LogP contribution in [0.3, 0.4) is 0 Å². The van der Waals surface area contributed by atoms with Crippen LogP contribution in [0.25, 0.3) is 32.7 Å². The zero-order valence-electron chi connectivity index (χ0n) is 15.7. The Hall–Kier alpha value is -2.90. The summed E-state index contributed by atoms with van der Waals surface area (Å²) in [6.07, 6.45) is 0. The van der Waals surface area contributed by atoms with Gasteiger partial charge in [0, 0.05) is 0 Å². The molecule has 1 heterocycles. The summed E-state index contributed by atoms with van der Waals surface area (Å²) in [6.45, 7) is 4.85. The Balaban J connectivity index is 1.78. The average Bonchev–Trinajstić information content (AvgIpc) is 3.02. The predicted molar refractivity (Wildman–Crippen MR) is 121 cm³/mol. The number of fused-ring (bicyclic) bond motifs is 2. The molecule has 130 valence electrons. The molecule has 1 heteroatoms. The summed E-state index contributed by atoms with van der Waals surface area (Å²) in [5, 5.41) is 5.28. The summed E-state index contributed by atoms with van der Waals surface area (Å²) in [7, 11) is -1.53. The minimum absolute atomic E-state index is 1.31. The maximum absolute atomic E-state index is 2.56. The van der Waals surface area contributed by atoms with Gasteiger partial charge in [-0.2, -0.15) is 0 Å². The average molecular weight is 363 g/mol. The lowest BCUT2D eigenvalue weighted by Gasteiger charge is -2.14. The van der Waals surface area contributed by atoms with Gasteiger partial charge in [-0.25, -0.2) is 0 Å². The van der Waals surface area contributed by atoms with Crippen molar-refractivity contribution in [3.05, 3.63) is 107 Å². The van der Waals surface area contributed by atoms with E-state index in [9.17, 15) is 0 Å². The highest BCUT2D eigenvalue weighted by atomic mass is 28.3. The summed E-state index contributed by atoms with van der Waals surface area (Å²) in [5.74, 6) is 0. The first-order valence-corrected chi connectivity index (χ1v) is 12.7. The van der Waals surface area contributed by atoms with Crippen LogP contribution >= 0.6 is 0 Å². The van der Waals surface area contributed by atoms with Crippen LogP contribution in [0.5, 0.6) is 0 Å². The van der Waals surface area contributed by atoms with Gasteiger partial charge in [0.25, 0.3) is 0 Å². The maximum Gasteiger partial charge on any atom is 0.0969 e. The predicted octanol–water partition coefficient (Wildman–Crippen LogP) is 7.26. The summed E-state index contributed by atoms with van der Waals surface area (Å²) in [5.41, 5.74) is 10.6. The van der Waals surface area contributed by atoms with Crippen molar-refractivity contribution in [1.29, 1.82) is 0 Å². The summed E-state index contributed by atoms with van der Waals surface area (Å²) >= 11 is 0. The lowest BCUT2D eigenvalue weighted by Crippen LogP contribution is -2.16. The van der Waals surface area contributed by atoms with Gasteiger partial charge in [0.2, 0.25) is 0 Å². The first-order valence-electron chi connectivity index (χ1n) is 9.55. The highest BCUT2D eigenvalue weighted by Crippen LogP contribution is 2.43. The van der Waals surface area contributed by atoms with Gasteiger partial charge in [-0.05, 0) is 43.8 Å². The molecule has 0 amide bonds. The lowest BCUT2D eigenvalue weighted by molar-refractivity contribution is 1.65. The van der Waals surface area contributed by atoms with E-state index in [0.717, 1.165) is 0 Å². The summed E-state index contributed by atoms with van der Waals surface area (Å²) < 4.78 is 0. The van der Waals surface area contributed by atoms with Gasteiger partial charge in [0.1, 0.15) is 0 Å². The molecule has 0 unspecified atom stereocenters. The third-order valence-corrected chi connectivity index (χ3v) is 7.55. The van der Waals surface area contributed by atoms with Crippen molar-refractivity contribution >= 4 is 40.8 Å². The number of hydrogen-bond acceptors (Lipinski definition) is 0. The largest absolute Gasteiger partial charge is 0.0969 e. The molecular formula is C26H22Si. The fourth-order valence-corrected chi connectivity index (χ4v) is 6.50. The quantitative estimate of drug-likeness (QED) is 0.329. The van der Waals surface area contributed by atoms with Gasteiger partial charge in [-0.3, -0.25) is 0 Å². The molecule has 4 aromatic carbocycles. The van der Waals surface area contributed by atoms with E-state index in [-0.39, 0.29) is 0 Å². The Bertz CT molecular complexity index is 1130. The number of benzene rings is 4. The molecule has 1 aliphatic rings. The molecule has 1 aliphatic heterocycles. The van der Waals surface area contributed by atoms with E-state index in [4.69, 9.17) is 0 Å². The molecule has 0 bridgehead atoms. The van der Waals surface area contributed by atoms with E-state index < -0.39 is 8.07 Å². The number of hydrogen-bond donors (Lipinski definition) is 0. The van der Waals surface area contributed by atoms with E-state index in [1.165, 1.54) is 43.8 Å². The monoisotopic (exact) mass is 362 g/mol. The third kappa shape index (κ3) is 2.75. The zero-order valence-corrected chi connectivity index (χ0v) is 16.7. The molecular weight excluding hydrogens is 340 g/mol. The normalized spacial score (nSPS) is 15.8. The summed E-state index contributed by atoms with van der Waals surface area (Å²) in [6, 6.07) is 30.8. The van der Waals surface area contributed by atoms with Crippen molar-refractivity contribution < 1.29 is 0 Å². The first kappa shape index (κ1) is 16.3. The van der Waals surface area contributed by atoms with Crippen LogP contribution in [0, 0.1) is 0 Å². The molecule has 0 nitrogen and oxygen atoms in total. The fraction of sp³-hybridized carbons (Fsp3) is 0.0769. The zero-order chi connectivity index (χ0) is 18.4. The van der Waals surface area contributed by atoms with E-state index >= 15 is 0 Å². The maximum atomic E-state index is 2.56. The Labute approximate surface area is 161 Å². The number of allylic oxidation sites excluding steroid dienone is 2. The lowest BCUT2D eigenvalue weighted by atomic mass is 9.89. The van der Waals surface area contributed by atoms with E-state index in [2.05, 4.69) is 109 Å². The van der Waals surface area contributed by atoms with Crippen LogP contribution in [0.1, 0.15) is 11.1 Å². The minimum Gasteiger partial charge on any atom is -0.0823 e. The smallest absolute Gasteiger partial charge is 0.0823 e. The van der Waals surface area contributed by atoms with Gasteiger partial charge < -0.3 is 0 Å². The Kier molecular flexibility index (Phi) is 3.66. The van der Waals surface area contributed by atoms with Gasteiger partial charge in [-0.1, -0.05) is 109 Å². The van der Waals surface area contributed by atoms with Crippen molar-refractivity contribution in [3.63, 3.8) is 0 Å². The Morgan fingerprint density at radius 2 is 0.889 bits per heavy atom.